The van der Waals surface area contributed by atoms with E-state index in [9.17, 15) is 0 Å². The van der Waals surface area contributed by atoms with Crippen LogP contribution in [0.3, 0.4) is 0 Å². The largest absolute Gasteiger partial charge is 0.497 e. The minimum atomic E-state index is 0. The highest BCUT2D eigenvalue weighted by Crippen LogP contribution is 2.20. The number of hydrogen-bond donors (Lipinski definition) is 2. The van der Waals surface area contributed by atoms with Gasteiger partial charge in [0, 0.05) is 0 Å². The number of nitrogens with two attached hydrogens (primary N) is 1. The van der Waals surface area contributed by atoms with Gasteiger partial charge in [-0.25, -0.2) is 4.98 Å². The Labute approximate surface area is 112 Å². The summed E-state index contributed by atoms with van der Waals surface area (Å²) in [5.41, 5.74) is 7.52. The Morgan fingerprint density at radius 3 is 2.35 bits per heavy atom. The number of rotatable bonds is 3. The van der Waals surface area contributed by atoms with Crippen LogP contribution in [0.15, 0.2) is 30.5 Å². The SMILES string of the molecule is COc1ccc(-c2cnc(CN)[nH]2)cc1.Cl.Cl. The molecule has 0 radical (unpaired) electrons. The maximum atomic E-state index is 5.47. The normalized spacial score (nSPS) is 9.06. The van der Waals surface area contributed by atoms with Crippen LogP contribution in [-0.2, 0) is 6.54 Å². The Morgan fingerprint density at radius 1 is 1.24 bits per heavy atom. The van der Waals surface area contributed by atoms with Crippen molar-refractivity contribution in [3.8, 4) is 17.0 Å². The van der Waals surface area contributed by atoms with E-state index in [2.05, 4.69) is 9.97 Å². The van der Waals surface area contributed by atoms with Crippen LogP contribution in [0.1, 0.15) is 5.82 Å². The molecule has 0 aliphatic heterocycles. The third kappa shape index (κ3) is 3.63. The van der Waals surface area contributed by atoms with Crippen molar-refractivity contribution in [2.24, 2.45) is 5.73 Å². The highest BCUT2D eigenvalue weighted by atomic mass is 35.5. The third-order valence-corrected chi connectivity index (χ3v) is 2.22. The van der Waals surface area contributed by atoms with E-state index in [0.717, 1.165) is 22.8 Å². The van der Waals surface area contributed by atoms with Gasteiger partial charge < -0.3 is 15.5 Å². The lowest BCUT2D eigenvalue weighted by molar-refractivity contribution is 0.415. The quantitative estimate of drug-likeness (QED) is 0.904. The fourth-order valence-corrected chi connectivity index (χ4v) is 1.38. The van der Waals surface area contributed by atoms with Crippen LogP contribution in [0, 0.1) is 0 Å². The van der Waals surface area contributed by atoms with E-state index in [4.69, 9.17) is 10.5 Å². The summed E-state index contributed by atoms with van der Waals surface area (Å²) < 4.78 is 5.09. The smallest absolute Gasteiger partial charge is 0.120 e. The Balaban J connectivity index is 0.00000128. The maximum Gasteiger partial charge on any atom is 0.120 e. The summed E-state index contributed by atoms with van der Waals surface area (Å²) in [6, 6.07) is 7.79. The number of methoxy groups -OCH3 is 1. The van der Waals surface area contributed by atoms with Gasteiger partial charge in [0.15, 0.2) is 0 Å². The molecule has 1 aromatic carbocycles. The molecule has 0 saturated heterocycles. The van der Waals surface area contributed by atoms with Gasteiger partial charge in [-0.2, -0.15) is 0 Å². The van der Waals surface area contributed by atoms with Gasteiger partial charge in [-0.1, -0.05) is 0 Å². The molecule has 4 nitrogen and oxygen atoms in total. The molecule has 0 fully saturated rings. The second kappa shape index (κ2) is 7.17. The number of H-pyrrole nitrogens is 1. The standard InChI is InChI=1S/C11H13N3O.2ClH/c1-15-9-4-2-8(3-5-9)10-7-13-11(6-12)14-10;;/h2-5,7H,6,12H2,1H3,(H,13,14);2*1H. The summed E-state index contributed by atoms with van der Waals surface area (Å²) >= 11 is 0. The van der Waals surface area contributed by atoms with Gasteiger partial charge in [-0.15, -0.1) is 24.8 Å². The van der Waals surface area contributed by atoms with Gasteiger partial charge in [-0.3, -0.25) is 0 Å². The van der Waals surface area contributed by atoms with Crippen LogP contribution in [0.2, 0.25) is 0 Å². The number of halogens is 2. The first-order valence-corrected chi connectivity index (χ1v) is 4.72. The molecule has 0 amide bonds. The van der Waals surface area contributed by atoms with Crippen molar-refractivity contribution in [3.63, 3.8) is 0 Å². The van der Waals surface area contributed by atoms with Gasteiger partial charge in [0.25, 0.3) is 0 Å². The lowest BCUT2D eigenvalue weighted by Gasteiger charge is -2.00. The lowest BCUT2D eigenvalue weighted by Crippen LogP contribution is -1.97. The van der Waals surface area contributed by atoms with Crippen molar-refractivity contribution >= 4 is 24.8 Å². The van der Waals surface area contributed by atoms with Gasteiger partial charge in [0.2, 0.25) is 0 Å². The summed E-state index contributed by atoms with van der Waals surface area (Å²) in [5, 5.41) is 0. The molecule has 1 heterocycles. The molecule has 2 aromatic rings. The average Bonchev–Trinajstić information content (AvgIpc) is 2.78. The van der Waals surface area contributed by atoms with E-state index in [1.807, 2.05) is 24.3 Å². The molecule has 1 aromatic heterocycles. The number of aromatic nitrogens is 2. The van der Waals surface area contributed by atoms with E-state index in [1.54, 1.807) is 13.3 Å². The van der Waals surface area contributed by atoms with E-state index >= 15 is 0 Å². The molecule has 0 aliphatic rings. The summed E-state index contributed by atoms with van der Waals surface area (Å²) in [5.74, 6) is 1.64. The molecule has 0 atom stereocenters. The number of hydrogen-bond acceptors (Lipinski definition) is 3. The van der Waals surface area contributed by atoms with Crippen molar-refractivity contribution in [1.82, 2.24) is 9.97 Å². The molecular formula is C11H15Cl2N3O. The topological polar surface area (TPSA) is 63.9 Å². The Kier molecular flexibility index (Phi) is 6.65. The van der Waals surface area contributed by atoms with Crippen LogP contribution in [0.25, 0.3) is 11.3 Å². The van der Waals surface area contributed by atoms with Crippen LogP contribution >= 0.6 is 24.8 Å². The van der Waals surface area contributed by atoms with Gasteiger partial charge in [0.1, 0.15) is 11.6 Å². The molecule has 0 saturated carbocycles. The summed E-state index contributed by atoms with van der Waals surface area (Å²) in [6.07, 6.45) is 1.78. The molecular weight excluding hydrogens is 261 g/mol. The van der Waals surface area contributed by atoms with Crippen molar-refractivity contribution in [2.45, 2.75) is 6.54 Å². The number of nitrogens with one attached hydrogen (secondary N) is 1. The molecule has 0 unspecified atom stereocenters. The Morgan fingerprint density at radius 2 is 1.88 bits per heavy atom. The molecule has 17 heavy (non-hydrogen) atoms. The summed E-state index contributed by atoms with van der Waals surface area (Å²) in [7, 11) is 1.65. The van der Waals surface area contributed by atoms with Gasteiger partial charge in [-0.05, 0) is 29.8 Å². The van der Waals surface area contributed by atoms with E-state index in [1.165, 1.54) is 0 Å². The summed E-state index contributed by atoms with van der Waals surface area (Å²) in [6.45, 7) is 0.427. The minimum Gasteiger partial charge on any atom is -0.497 e. The average molecular weight is 276 g/mol. The molecule has 3 N–H and O–H groups in total. The van der Waals surface area contributed by atoms with Crippen LogP contribution in [0.5, 0.6) is 5.75 Å². The van der Waals surface area contributed by atoms with E-state index in [0.29, 0.717) is 6.54 Å². The number of benzene rings is 1. The Bertz CT molecular complexity index is 442. The zero-order valence-corrected chi connectivity index (χ0v) is 11.0. The zero-order chi connectivity index (χ0) is 10.7. The molecule has 94 valence electrons. The first-order valence-electron chi connectivity index (χ1n) is 4.72. The van der Waals surface area contributed by atoms with Crippen LogP contribution < -0.4 is 10.5 Å². The monoisotopic (exact) mass is 275 g/mol. The molecule has 6 heteroatoms. The predicted octanol–water partition coefficient (Wildman–Crippen LogP) is 2.39. The van der Waals surface area contributed by atoms with Gasteiger partial charge in [0.05, 0.1) is 25.5 Å². The number of nitrogens with zero attached hydrogens (tertiary/aromatic N) is 1. The minimum absolute atomic E-state index is 0. The van der Waals surface area contributed by atoms with Crippen molar-refractivity contribution in [1.29, 1.82) is 0 Å². The molecule has 2 rings (SSSR count). The first kappa shape index (κ1) is 15.8. The molecule has 0 bridgehead atoms. The number of aromatic amines is 1. The fourth-order valence-electron chi connectivity index (χ4n) is 1.38. The zero-order valence-electron chi connectivity index (χ0n) is 9.34. The predicted molar refractivity (Wildman–Crippen MR) is 73.0 cm³/mol. The van der Waals surface area contributed by atoms with Crippen molar-refractivity contribution in [2.75, 3.05) is 7.11 Å². The third-order valence-electron chi connectivity index (χ3n) is 2.22. The molecule has 0 aliphatic carbocycles. The maximum absolute atomic E-state index is 5.47. The fraction of sp³-hybridized carbons (Fsp3) is 0.182. The van der Waals surface area contributed by atoms with Crippen LogP contribution in [0.4, 0.5) is 0 Å². The van der Waals surface area contributed by atoms with E-state index in [-0.39, 0.29) is 24.8 Å². The van der Waals surface area contributed by atoms with Crippen molar-refractivity contribution < 1.29 is 4.74 Å². The summed E-state index contributed by atoms with van der Waals surface area (Å²) in [4.78, 5) is 7.28. The first-order chi connectivity index (χ1) is 7.33. The highest BCUT2D eigenvalue weighted by Gasteiger charge is 2.01. The number of ether oxygens (including phenoxy) is 1. The second-order valence-electron chi connectivity index (χ2n) is 3.18. The van der Waals surface area contributed by atoms with Crippen molar-refractivity contribution in [3.05, 3.63) is 36.3 Å². The second-order valence-corrected chi connectivity index (χ2v) is 3.18. The lowest BCUT2D eigenvalue weighted by atomic mass is 10.2. The van der Waals surface area contributed by atoms with E-state index < -0.39 is 0 Å². The highest BCUT2D eigenvalue weighted by molar-refractivity contribution is 5.85. The van der Waals surface area contributed by atoms with Crippen LogP contribution in [-0.4, -0.2) is 17.1 Å². The van der Waals surface area contributed by atoms with Gasteiger partial charge >= 0.3 is 0 Å². The Hall–Kier alpha value is -1.23. The molecule has 0 spiro atoms. The number of imidazole rings is 1.